The number of hydrogen-bond donors (Lipinski definition) is 0. The van der Waals surface area contributed by atoms with Gasteiger partial charge < -0.3 is 47.4 Å². The molecule has 126 heavy (non-hydrogen) atoms. The van der Waals surface area contributed by atoms with E-state index in [9.17, 15) is 101 Å². The zero-order valence-electron chi connectivity index (χ0n) is 66.3. The van der Waals surface area contributed by atoms with Crippen LogP contribution in [0.2, 0.25) is 0 Å². The first kappa shape index (κ1) is 99.7. The predicted octanol–water partition coefficient (Wildman–Crippen LogP) is 26.9. The van der Waals surface area contributed by atoms with Crippen molar-refractivity contribution in [3.63, 3.8) is 0 Å². The van der Waals surface area contributed by atoms with Gasteiger partial charge in [-0.1, -0.05) is 146 Å². The molecule has 0 saturated carbocycles. The summed E-state index contributed by atoms with van der Waals surface area (Å²) in [6, 6.07) is 77.2. The quantitative estimate of drug-likeness (QED) is 0.0827. The summed E-state index contributed by atoms with van der Waals surface area (Å²) in [6.07, 6.45) is 17.4. The molecule has 8 aromatic carbocycles. The zero-order chi connectivity index (χ0) is 91.8. The van der Waals surface area contributed by atoms with Crippen molar-refractivity contribution in [2.24, 2.45) is 0 Å². The minimum absolute atomic E-state index is 0.431. The van der Waals surface area contributed by atoms with Gasteiger partial charge in [-0.2, -0.15) is 0 Å². The second-order valence-electron chi connectivity index (χ2n) is 27.9. The number of aromatic nitrogens is 4. The molecule has 27 heterocycles. The summed E-state index contributed by atoms with van der Waals surface area (Å²) in [5.41, 5.74) is 14.9. The molecule has 42 heteroatoms. The monoisotopic (exact) mass is 1890 g/mol. The fraction of sp³-hybridized carbons (Fsp3) is 0.238. The molecule has 0 saturated heterocycles. The molecule has 0 unspecified atom stereocenters. The van der Waals surface area contributed by atoms with E-state index >= 15 is 0 Å². The van der Waals surface area contributed by atoms with E-state index in [2.05, 4.69) is 213 Å². The Morgan fingerprint density at radius 1 is 0.167 bits per heavy atom. The Morgan fingerprint density at radius 2 is 0.302 bits per heavy atom. The van der Waals surface area contributed by atoms with E-state index in [0.29, 0.717) is 106 Å². The molecule has 688 valence electrons. The van der Waals surface area contributed by atoms with E-state index in [4.69, 9.17) is 47.4 Å². The SMILES string of the molecule is F[P-](F)(F)(F)(F)F.F[P-](F)(F)(F)(F)F.F[P-](F)(F)(F)(F)F.F[P-](F)(F)(F)(F)F.c1cc2c3cccc(c3c1)OCCOCCOCCOCCOc1cccc3c(cccc13)OCCOCCOCCOCCO2.c1cc2ccc1C[n+]1ccc(cc1)-c1cc[n+](cc1)Cc1ccc(cc1)-c1ccc(cc1)C[n+]1ccc(cc1)-c1cc[n+](cc1)Cc1ccc-2cc1. The maximum absolute atomic E-state index is 10.7. The summed E-state index contributed by atoms with van der Waals surface area (Å²) in [5.74, 6) is 3.15. The third-order valence-corrected chi connectivity index (χ3v) is 17.3. The average Bonchev–Trinajstić information content (AvgIpc) is 0.793. The maximum Gasteiger partial charge on any atom is 0.173 e. The standard InChI is InChI=1S/C48H40N4.C36H44O10.4F6P/c1-9-41-10-2-37(1)33-49-25-17-45(18-26-49)46-19-27-51(28-20-46)35-39-5-13-43(14-6-39)44-15-7-40(8-16-44)36-52-31-23-48(24-32-52)47-21-29-50(30-22-47)34-38-3-11-42(41)12-4-38;1-5-29-30-6-2-10-34(29)44-26-22-40-18-14-38-16-20-42-24-28-46-36-12-4-7-31-32(36)8-3-11-35(31)45-27-23-41-19-15-37-13-17-39-21-25-43-33(30)9-1;4*1-7(2,3,4,5)6/h1-32H,33-36H2;1-12H,13-28H2;;;;/q+4;;4*-1. The van der Waals surface area contributed by atoms with E-state index < -0.39 is 31.2 Å². The second-order valence-corrected chi connectivity index (χ2v) is 35.6. The number of rotatable bonds is 0. The van der Waals surface area contributed by atoms with Gasteiger partial charge in [0.2, 0.25) is 0 Å². The smallest absolute Gasteiger partial charge is 0.173 e. The second kappa shape index (κ2) is 38.8. The van der Waals surface area contributed by atoms with E-state index in [1.165, 1.54) is 66.8 Å². The van der Waals surface area contributed by atoms with Gasteiger partial charge in [0.05, 0.1) is 79.3 Å². The van der Waals surface area contributed by atoms with Crippen molar-refractivity contribution in [2.45, 2.75) is 26.2 Å². The average molecular weight is 1890 g/mol. The molecule has 0 atom stereocenters. The summed E-state index contributed by atoms with van der Waals surface area (Å²) in [5, 5.41) is 3.94. The van der Waals surface area contributed by atoms with Gasteiger partial charge in [-0.05, 0) is 68.8 Å². The van der Waals surface area contributed by atoms with Crippen molar-refractivity contribution in [3.8, 4) is 67.5 Å². The molecular weight excluding hydrogens is 1800 g/mol. The van der Waals surface area contributed by atoms with Crippen LogP contribution in [0.5, 0.6) is 23.0 Å². The van der Waals surface area contributed by atoms with Crippen molar-refractivity contribution < 1.29 is 166 Å². The number of hydrogen-bond acceptors (Lipinski definition) is 10. The summed E-state index contributed by atoms with van der Waals surface area (Å²) >= 11 is 0. The topological polar surface area (TPSA) is 108 Å². The molecule has 24 bridgehead atoms. The van der Waals surface area contributed by atoms with Crippen LogP contribution in [-0.4, -0.2) is 106 Å². The fourth-order valence-corrected chi connectivity index (χ4v) is 12.0. The Balaban J connectivity index is 0.000000219. The summed E-state index contributed by atoms with van der Waals surface area (Å²) in [7, 11) is -42.6. The Morgan fingerprint density at radius 3 is 0.452 bits per heavy atom. The molecule has 23 aliphatic heterocycles. The van der Waals surface area contributed by atoms with Gasteiger partial charge in [0.15, 0.2) is 75.8 Å². The fourth-order valence-electron chi connectivity index (χ4n) is 12.0. The molecule has 0 amide bonds. The number of nitrogens with zero attached hydrogens (tertiary/aromatic N) is 4. The number of ether oxygens (including phenoxy) is 10. The third-order valence-electron chi connectivity index (χ3n) is 17.3. The van der Waals surface area contributed by atoms with Crippen LogP contribution in [-0.2, 0) is 54.6 Å². The minimum Gasteiger partial charge on any atom is -0.491 e. The largest absolute Gasteiger partial charge is 0.491 e. The van der Waals surface area contributed by atoms with E-state index in [1.54, 1.807) is 0 Å². The Kier molecular flexibility index (Phi) is 30.7. The maximum atomic E-state index is 9.87. The van der Waals surface area contributed by atoms with Crippen molar-refractivity contribution in [3.05, 3.63) is 290 Å². The first-order valence-corrected chi connectivity index (χ1v) is 46.1. The predicted molar refractivity (Wildman–Crippen MR) is 434 cm³/mol. The Hall–Kier alpha value is -10.1. The normalized spacial score (nSPS) is 16.8. The van der Waals surface area contributed by atoms with Crippen LogP contribution in [0.15, 0.2) is 268 Å². The van der Waals surface area contributed by atoms with Crippen LogP contribution in [0.4, 0.5) is 101 Å². The van der Waals surface area contributed by atoms with Crippen LogP contribution in [0.25, 0.3) is 66.1 Å². The molecule has 0 fully saturated rings. The van der Waals surface area contributed by atoms with Gasteiger partial charge >= 0.3 is 132 Å². The zero-order valence-corrected chi connectivity index (χ0v) is 69.9. The first-order chi connectivity index (χ1) is 58.4. The van der Waals surface area contributed by atoms with E-state index in [-0.39, 0.29) is 0 Å². The van der Waals surface area contributed by atoms with E-state index in [0.717, 1.165) is 70.7 Å². The molecule has 14 nitrogen and oxygen atoms in total. The third kappa shape index (κ3) is 43.9. The Bertz CT molecular complexity index is 4610. The molecular formula is C84H84F24N4O10P4. The Labute approximate surface area is 705 Å². The molecule has 12 aromatic rings. The summed E-state index contributed by atoms with van der Waals surface area (Å²) in [6.45, 7) is 10.7. The summed E-state index contributed by atoms with van der Waals surface area (Å²) < 4.78 is 304. The van der Waals surface area contributed by atoms with Gasteiger partial charge in [-0.25, -0.2) is 18.3 Å². The van der Waals surface area contributed by atoms with Crippen LogP contribution in [0, 0.1) is 0 Å². The molecule has 0 N–H and O–H groups in total. The molecule has 0 radical (unpaired) electrons. The van der Waals surface area contributed by atoms with Crippen molar-refractivity contribution in [1.82, 2.24) is 0 Å². The first-order valence-electron chi connectivity index (χ1n) is 38.0. The van der Waals surface area contributed by atoms with Crippen molar-refractivity contribution in [2.75, 3.05) is 106 Å². The van der Waals surface area contributed by atoms with Gasteiger partial charge in [0.1, 0.15) is 49.4 Å². The van der Waals surface area contributed by atoms with Gasteiger partial charge in [-0.15, -0.1) is 0 Å². The van der Waals surface area contributed by atoms with Crippen LogP contribution in [0.1, 0.15) is 22.3 Å². The van der Waals surface area contributed by atoms with Crippen molar-refractivity contribution >= 4 is 52.8 Å². The van der Waals surface area contributed by atoms with Gasteiger partial charge in [-0.3, -0.25) is 0 Å². The summed E-state index contributed by atoms with van der Waals surface area (Å²) in [4.78, 5) is 0. The molecule has 0 spiro atoms. The molecule has 35 rings (SSSR count). The molecule has 23 aliphatic rings. The van der Waals surface area contributed by atoms with Crippen LogP contribution in [0.3, 0.4) is 0 Å². The van der Waals surface area contributed by atoms with Gasteiger partial charge in [0, 0.05) is 92.3 Å². The van der Waals surface area contributed by atoms with Crippen molar-refractivity contribution in [1.29, 1.82) is 0 Å². The van der Waals surface area contributed by atoms with E-state index in [1.807, 2.05) is 72.8 Å². The molecule has 0 aliphatic carbocycles. The minimum atomic E-state index is -10.7. The van der Waals surface area contributed by atoms with Gasteiger partial charge in [0.25, 0.3) is 0 Å². The van der Waals surface area contributed by atoms with Crippen LogP contribution < -0.4 is 37.2 Å². The number of halogens is 24. The number of pyridine rings is 4. The molecule has 4 aromatic heterocycles. The van der Waals surface area contributed by atoms with Crippen LogP contribution >= 0.6 is 31.2 Å². The number of benzene rings is 8.